The summed E-state index contributed by atoms with van der Waals surface area (Å²) in [6.07, 6.45) is 5.65. The van der Waals surface area contributed by atoms with E-state index in [1.54, 1.807) is 0 Å². The maximum absolute atomic E-state index is 13.4. The van der Waals surface area contributed by atoms with Crippen molar-refractivity contribution in [1.29, 1.82) is 0 Å². The van der Waals surface area contributed by atoms with Crippen LogP contribution in [0.3, 0.4) is 0 Å². The molecule has 3 heterocycles. The molecular formula is C22H23N3O. The van der Waals surface area contributed by atoms with Gasteiger partial charge in [0.25, 0.3) is 0 Å². The topological polar surface area (TPSA) is 37.6 Å². The summed E-state index contributed by atoms with van der Waals surface area (Å²) in [4.78, 5) is 20.2. The van der Waals surface area contributed by atoms with Crippen LogP contribution in [0.15, 0.2) is 42.6 Å². The molecule has 1 aromatic carbocycles. The third kappa shape index (κ3) is 2.28. The highest BCUT2D eigenvalue weighted by Gasteiger charge is 2.36. The molecule has 4 nitrogen and oxygen atoms in total. The van der Waals surface area contributed by atoms with Crippen LogP contribution in [0.1, 0.15) is 35.9 Å². The average molecular weight is 345 g/mol. The number of aromatic nitrogens is 2. The van der Waals surface area contributed by atoms with Crippen molar-refractivity contribution in [3.8, 4) is 0 Å². The van der Waals surface area contributed by atoms with Gasteiger partial charge >= 0.3 is 0 Å². The monoisotopic (exact) mass is 345 g/mol. The van der Waals surface area contributed by atoms with E-state index in [1.165, 1.54) is 16.8 Å². The number of imidazole rings is 1. The molecule has 4 heteroatoms. The Morgan fingerprint density at radius 3 is 2.88 bits per heavy atom. The number of amides is 1. The molecule has 0 radical (unpaired) electrons. The molecule has 1 aliphatic carbocycles. The number of para-hydroxylation sites is 1. The van der Waals surface area contributed by atoms with E-state index in [4.69, 9.17) is 4.98 Å². The van der Waals surface area contributed by atoms with Crippen molar-refractivity contribution < 1.29 is 4.79 Å². The molecule has 0 spiro atoms. The van der Waals surface area contributed by atoms with Crippen molar-refractivity contribution in [2.75, 3.05) is 4.90 Å². The van der Waals surface area contributed by atoms with Gasteiger partial charge in [0.05, 0.1) is 5.69 Å². The van der Waals surface area contributed by atoms with E-state index >= 15 is 0 Å². The van der Waals surface area contributed by atoms with Gasteiger partial charge in [0.15, 0.2) is 0 Å². The van der Waals surface area contributed by atoms with Crippen LogP contribution in [0.2, 0.25) is 0 Å². The third-order valence-corrected chi connectivity index (χ3v) is 5.91. The number of carbonyl (C=O) groups is 1. The molecule has 0 saturated heterocycles. The van der Waals surface area contributed by atoms with Gasteiger partial charge in [0.1, 0.15) is 5.65 Å². The van der Waals surface area contributed by atoms with Crippen LogP contribution in [-0.4, -0.2) is 21.3 Å². The number of hydrogen-bond acceptors (Lipinski definition) is 2. The van der Waals surface area contributed by atoms with Crippen molar-refractivity contribution in [2.45, 2.75) is 45.6 Å². The largest absolute Gasteiger partial charge is 0.309 e. The normalized spacial score (nSPS) is 21.7. The zero-order valence-corrected chi connectivity index (χ0v) is 15.3. The minimum atomic E-state index is 0.0384. The van der Waals surface area contributed by atoms with Gasteiger partial charge in [-0.3, -0.25) is 4.79 Å². The Bertz CT molecular complexity index is 1020. The molecule has 5 rings (SSSR count). The lowest BCUT2D eigenvalue weighted by Crippen LogP contribution is -2.41. The minimum absolute atomic E-state index is 0.0384. The summed E-state index contributed by atoms with van der Waals surface area (Å²) in [5.74, 6) is 0.312. The Morgan fingerprint density at radius 1 is 1.15 bits per heavy atom. The number of fused-ring (bicyclic) bond motifs is 4. The van der Waals surface area contributed by atoms with Gasteiger partial charge in [0, 0.05) is 36.0 Å². The molecule has 26 heavy (non-hydrogen) atoms. The Kier molecular flexibility index (Phi) is 3.42. The van der Waals surface area contributed by atoms with Crippen LogP contribution in [0.4, 0.5) is 5.69 Å². The van der Waals surface area contributed by atoms with E-state index in [1.807, 2.05) is 11.0 Å². The van der Waals surface area contributed by atoms with Crippen LogP contribution in [0.25, 0.3) is 5.65 Å². The fourth-order valence-electron chi connectivity index (χ4n) is 4.62. The Labute approximate surface area is 153 Å². The number of anilines is 1. The molecule has 1 amide bonds. The summed E-state index contributed by atoms with van der Waals surface area (Å²) in [5, 5.41) is 0. The number of rotatable bonds is 1. The molecule has 3 aromatic rings. The molecule has 0 N–H and O–H groups in total. The first kappa shape index (κ1) is 15.6. The maximum Gasteiger partial charge on any atom is 0.230 e. The number of pyridine rings is 1. The standard InChI is InChI=1S/C22H23N3O/c1-14-7-10-21-23-18-9-8-17(12-20(18)24(21)13-14)22(26)25-15(2)11-16-5-3-4-6-19(16)25/h3-7,10,13,15,17H,8-9,11-12H2,1-2H3. The van der Waals surface area contributed by atoms with Gasteiger partial charge in [-0.25, -0.2) is 4.98 Å². The lowest BCUT2D eigenvalue weighted by atomic mass is 9.88. The van der Waals surface area contributed by atoms with Crippen molar-refractivity contribution >= 4 is 17.2 Å². The summed E-state index contributed by atoms with van der Waals surface area (Å²) in [6, 6.07) is 12.7. The predicted molar refractivity (Wildman–Crippen MR) is 103 cm³/mol. The van der Waals surface area contributed by atoms with Crippen LogP contribution in [0.5, 0.6) is 0 Å². The maximum atomic E-state index is 13.4. The second-order valence-corrected chi connectivity index (χ2v) is 7.77. The summed E-state index contributed by atoms with van der Waals surface area (Å²) >= 11 is 0. The fourth-order valence-corrected chi connectivity index (χ4v) is 4.62. The lowest BCUT2D eigenvalue weighted by Gasteiger charge is -2.29. The first-order chi connectivity index (χ1) is 12.6. The van der Waals surface area contributed by atoms with Crippen molar-refractivity contribution in [3.63, 3.8) is 0 Å². The van der Waals surface area contributed by atoms with Crippen LogP contribution in [-0.2, 0) is 24.1 Å². The van der Waals surface area contributed by atoms with Gasteiger partial charge in [0.2, 0.25) is 5.91 Å². The number of carbonyl (C=O) groups excluding carboxylic acids is 1. The van der Waals surface area contributed by atoms with Crippen molar-refractivity contribution in [2.24, 2.45) is 5.92 Å². The summed E-state index contributed by atoms with van der Waals surface area (Å²) in [6.45, 7) is 4.25. The number of aryl methyl sites for hydroxylation is 2. The highest BCUT2D eigenvalue weighted by Crippen LogP contribution is 2.35. The SMILES string of the molecule is Cc1ccc2nc3c(n2c1)CC(C(=O)N1c2ccccc2CC1C)CC3. The molecule has 132 valence electrons. The van der Waals surface area contributed by atoms with E-state index < -0.39 is 0 Å². The van der Waals surface area contributed by atoms with Gasteiger partial charge in [-0.2, -0.15) is 0 Å². The number of hydrogen-bond donors (Lipinski definition) is 0. The minimum Gasteiger partial charge on any atom is -0.309 e. The first-order valence-electron chi connectivity index (χ1n) is 9.49. The summed E-state index contributed by atoms with van der Waals surface area (Å²) in [5.41, 5.74) is 6.98. The van der Waals surface area contributed by atoms with Crippen LogP contribution in [0, 0.1) is 12.8 Å². The van der Waals surface area contributed by atoms with E-state index in [9.17, 15) is 4.79 Å². The smallest absolute Gasteiger partial charge is 0.230 e. The molecule has 0 fully saturated rings. The number of benzene rings is 1. The Balaban J connectivity index is 1.48. The van der Waals surface area contributed by atoms with E-state index in [2.05, 4.69) is 54.8 Å². The second-order valence-electron chi connectivity index (χ2n) is 7.77. The van der Waals surface area contributed by atoms with Gasteiger partial charge in [-0.15, -0.1) is 0 Å². The van der Waals surface area contributed by atoms with Gasteiger partial charge < -0.3 is 9.30 Å². The van der Waals surface area contributed by atoms with Gasteiger partial charge in [-0.05, 0) is 56.4 Å². The average Bonchev–Trinajstić information content (AvgIpc) is 3.17. The van der Waals surface area contributed by atoms with Crippen molar-refractivity contribution in [3.05, 3.63) is 65.1 Å². The Hall–Kier alpha value is -2.62. The van der Waals surface area contributed by atoms with Crippen LogP contribution < -0.4 is 4.90 Å². The molecule has 1 aliphatic heterocycles. The molecule has 2 unspecified atom stereocenters. The van der Waals surface area contributed by atoms with E-state index in [0.717, 1.165) is 42.7 Å². The molecule has 2 aliphatic rings. The zero-order valence-electron chi connectivity index (χ0n) is 15.3. The Morgan fingerprint density at radius 2 is 2.00 bits per heavy atom. The highest BCUT2D eigenvalue weighted by molar-refractivity contribution is 5.98. The van der Waals surface area contributed by atoms with E-state index in [0.29, 0.717) is 0 Å². The molecular weight excluding hydrogens is 322 g/mol. The molecule has 2 atom stereocenters. The number of nitrogens with zero attached hydrogens (tertiary/aromatic N) is 3. The second kappa shape index (κ2) is 5.70. The lowest BCUT2D eigenvalue weighted by molar-refractivity contribution is -0.123. The quantitative estimate of drug-likeness (QED) is 0.674. The third-order valence-electron chi connectivity index (χ3n) is 5.91. The highest BCUT2D eigenvalue weighted by atomic mass is 16.2. The molecule has 0 saturated carbocycles. The zero-order chi connectivity index (χ0) is 17.8. The van der Waals surface area contributed by atoms with E-state index in [-0.39, 0.29) is 17.9 Å². The predicted octanol–water partition coefficient (Wildman–Crippen LogP) is 3.73. The molecule has 0 bridgehead atoms. The van der Waals surface area contributed by atoms with Gasteiger partial charge in [-0.1, -0.05) is 24.3 Å². The summed E-state index contributed by atoms with van der Waals surface area (Å²) in [7, 11) is 0. The van der Waals surface area contributed by atoms with Crippen LogP contribution >= 0.6 is 0 Å². The molecule has 2 aromatic heterocycles. The fraction of sp³-hybridized carbons (Fsp3) is 0.364. The summed E-state index contributed by atoms with van der Waals surface area (Å²) < 4.78 is 2.19. The first-order valence-corrected chi connectivity index (χ1v) is 9.49. The van der Waals surface area contributed by atoms with Crippen molar-refractivity contribution in [1.82, 2.24) is 9.38 Å².